The zero-order chi connectivity index (χ0) is 9.97. The van der Waals surface area contributed by atoms with Crippen molar-refractivity contribution >= 4 is 5.82 Å². The lowest BCUT2D eigenvalue weighted by molar-refractivity contribution is 0.398. The van der Waals surface area contributed by atoms with Crippen molar-refractivity contribution in [2.24, 2.45) is 0 Å². The van der Waals surface area contributed by atoms with Gasteiger partial charge in [-0.3, -0.25) is 5.10 Å². The van der Waals surface area contributed by atoms with Crippen molar-refractivity contribution in [3.63, 3.8) is 0 Å². The first-order valence-corrected chi connectivity index (χ1v) is 4.12. The number of nitrogens with one attached hydrogen (secondary N) is 1. The maximum absolute atomic E-state index is 5.49. The minimum Gasteiger partial charge on any atom is -0.481 e. The molecule has 5 nitrogen and oxygen atoms in total. The molecular weight excluding hydrogens is 180 g/mol. The van der Waals surface area contributed by atoms with Gasteiger partial charge in [-0.05, 0) is 6.07 Å². The second-order valence-corrected chi connectivity index (χ2v) is 2.77. The van der Waals surface area contributed by atoms with Crippen molar-refractivity contribution in [3.8, 4) is 17.3 Å². The van der Waals surface area contributed by atoms with Crippen LogP contribution in [-0.2, 0) is 0 Å². The van der Waals surface area contributed by atoms with Gasteiger partial charge in [-0.25, -0.2) is 4.98 Å². The molecule has 0 unspecified atom stereocenters. The smallest absolute Gasteiger partial charge is 0.213 e. The average Bonchev–Trinajstić information content (AvgIpc) is 2.65. The molecule has 0 fully saturated rings. The lowest BCUT2D eigenvalue weighted by Crippen LogP contribution is -1.89. The molecule has 0 amide bonds. The Morgan fingerprint density at radius 3 is 2.93 bits per heavy atom. The first-order valence-electron chi connectivity index (χ1n) is 4.12. The minimum absolute atomic E-state index is 0.449. The van der Waals surface area contributed by atoms with E-state index in [2.05, 4.69) is 15.2 Å². The summed E-state index contributed by atoms with van der Waals surface area (Å²) in [7, 11) is 1.58. The van der Waals surface area contributed by atoms with Crippen LogP contribution in [-0.4, -0.2) is 22.3 Å². The highest BCUT2D eigenvalue weighted by molar-refractivity contribution is 5.58. The Kier molecular flexibility index (Phi) is 2.06. The zero-order valence-electron chi connectivity index (χ0n) is 7.69. The summed E-state index contributed by atoms with van der Waals surface area (Å²) < 4.78 is 5.01. The van der Waals surface area contributed by atoms with Crippen molar-refractivity contribution in [1.82, 2.24) is 15.2 Å². The number of pyridine rings is 1. The van der Waals surface area contributed by atoms with Crippen LogP contribution >= 0.6 is 0 Å². The molecular formula is C9H10N4O. The van der Waals surface area contributed by atoms with Gasteiger partial charge in [0.15, 0.2) is 0 Å². The van der Waals surface area contributed by atoms with Gasteiger partial charge in [-0.1, -0.05) is 6.07 Å². The molecule has 0 aliphatic heterocycles. The predicted octanol–water partition coefficient (Wildman–Crippen LogP) is 1.06. The van der Waals surface area contributed by atoms with Crippen LogP contribution in [0.4, 0.5) is 5.82 Å². The summed E-state index contributed by atoms with van der Waals surface area (Å²) in [5.41, 5.74) is 7.02. The third-order valence-electron chi connectivity index (χ3n) is 1.81. The molecule has 14 heavy (non-hydrogen) atoms. The quantitative estimate of drug-likeness (QED) is 0.742. The molecule has 3 N–H and O–H groups in total. The number of hydrogen-bond acceptors (Lipinski definition) is 4. The molecule has 0 spiro atoms. The van der Waals surface area contributed by atoms with Crippen molar-refractivity contribution in [1.29, 1.82) is 0 Å². The molecule has 2 heterocycles. The normalized spacial score (nSPS) is 10.1. The highest BCUT2D eigenvalue weighted by Gasteiger charge is 2.03. The number of aromatic nitrogens is 3. The van der Waals surface area contributed by atoms with Crippen LogP contribution in [0.25, 0.3) is 11.4 Å². The monoisotopic (exact) mass is 190 g/mol. The van der Waals surface area contributed by atoms with Crippen LogP contribution < -0.4 is 10.5 Å². The Balaban J connectivity index is 2.41. The third kappa shape index (κ3) is 1.52. The van der Waals surface area contributed by atoms with E-state index in [9.17, 15) is 0 Å². The van der Waals surface area contributed by atoms with E-state index < -0.39 is 0 Å². The molecule has 2 aromatic heterocycles. The maximum atomic E-state index is 5.49. The van der Waals surface area contributed by atoms with E-state index in [-0.39, 0.29) is 0 Å². The number of aromatic amines is 1. The Morgan fingerprint density at radius 1 is 1.43 bits per heavy atom. The van der Waals surface area contributed by atoms with Gasteiger partial charge in [0.25, 0.3) is 0 Å². The fourth-order valence-corrected chi connectivity index (χ4v) is 1.15. The molecule has 0 saturated carbocycles. The standard InChI is InChI=1S/C9H10N4O/c1-14-9-4-2-3-6(11-9)7-5-8(10)13-12-7/h2-5H,1H3,(H3,10,12,13). The van der Waals surface area contributed by atoms with Crippen LogP contribution in [0.2, 0.25) is 0 Å². The van der Waals surface area contributed by atoms with Gasteiger partial charge in [-0.2, -0.15) is 5.10 Å². The van der Waals surface area contributed by atoms with E-state index in [1.165, 1.54) is 0 Å². The fraction of sp³-hybridized carbons (Fsp3) is 0.111. The Hall–Kier alpha value is -2.04. The Bertz CT molecular complexity index is 438. The number of anilines is 1. The van der Waals surface area contributed by atoms with Crippen molar-refractivity contribution < 1.29 is 4.74 Å². The molecule has 2 aromatic rings. The second kappa shape index (κ2) is 3.37. The lowest BCUT2D eigenvalue weighted by atomic mass is 10.3. The molecule has 72 valence electrons. The van der Waals surface area contributed by atoms with Crippen molar-refractivity contribution in [2.75, 3.05) is 12.8 Å². The highest BCUT2D eigenvalue weighted by atomic mass is 16.5. The number of H-pyrrole nitrogens is 1. The van der Waals surface area contributed by atoms with Gasteiger partial charge in [0, 0.05) is 12.1 Å². The van der Waals surface area contributed by atoms with E-state index in [4.69, 9.17) is 10.5 Å². The van der Waals surface area contributed by atoms with Gasteiger partial charge in [0.05, 0.1) is 18.5 Å². The fourth-order valence-electron chi connectivity index (χ4n) is 1.15. The van der Waals surface area contributed by atoms with Crippen LogP contribution in [0.15, 0.2) is 24.3 Å². The summed E-state index contributed by atoms with van der Waals surface area (Å²) in [5, 5.41) is 6.60. The molecule has 0 aliphatic carbocycles. The number of methoxy groups -OCH3 is 1. The summed E-state index contributed by atoms with van der Waals surface area (Å²) in [4.78, 5) is 4.23. The van der Waals surface area contributed by atoms with Crippen LogP contribution in [0.3, 0.4) is 0 Å². The van der Waals surface area contributed by atoms with E-state index >= 15 is 0 Å². The van der Waals surface area contributed by atoms with Crippen LogP contribution in [0, 0.1) is 0 Å². The second-order valence-electron chi connectivity index (χ2n) is 2.77. The van der Waals surface area contributed by atoms with Crippen LogP contribution in [0.1, 0.15) is 0 Å². The van der Waals surface area contributed by atoms with Gasteiger partial charge in [0.2, 0.25) is 5.88 Å². The third-order valence-corrected chi connectivity index (χ3v) is 1.81. The number of nitrogens with two attached hydrogens (primary N) is 1. The molecule has 0 atom stereocenters. The van der Waals surface area contributed by atoms with E-state index in [0.29, 0.717) is 11.7 Å². The SMILES string of the molecule is COc1cccc(-c2cc(N)n[nH]2)n1. The van der Waals surface area contributed by atoms with E-state index in [0.717, 1.165) is 11.4 Å². The van der Waals surface area contributed by atoms with Gasteiger partial charge in [-0.15, -0.1) is 0 Å². The topological polar surface area (TPSA) is 76.8 Å². The summed E-state index contributed by atoms with van der Waals surface area (Å²) in [5.74, 6) is 1.01. The molecule has 5 heteroatoms. The molecule has 0 bridgehead atoms. The summed E-state index contributed by atoms with van der Waals surface area (Å²) >= 11 is 0. The lowest BCUT2D eigenvalue weighted by Gasteiger charge is -2.00. The van der Waals surface area contributed by atoms with E-state index in [1.807, 2.05) is 12.1 Å². The number of nitrogen functional groups attached to an aromatic ring is 1. The van der Waals surface area contributed by atoms with Gasteiger partial charge in [0.1, 0.15) is 5.82 Å². The maximum Gasteiger partial charge on any atom is 0.213 e. The molecule has 0 radical (unpaired) electrons. The molecule has 0 saturated heterocycles. The summed E-state index contributed by atoms with van der Waals surface area (Å²) in [6.07, 6.45) is 0. The minimum atomic E-state index is 0.449. The van der Waals surface area contributed by atoms with Crippen molar-refractivity contribution in [2.45, 2.75) is 0 Å². The Labute approximate surface area is 80.9 Å². The van der Waals surface area contributed by atoms with Gasteiger partial charge >= 0.3 is 0 Å². The van der Waals surface area contributed by atoms with Gasteiger partial charge < -0.3 is 10.5 Å². The number of ether oxygens (including phenoxy) is 1. The molecule has 0 aromatic carbocycles. The number of hydrogen-bond donors (Lipinski definition) is 2. The Morgan fingerprint density at radius 2 is 2.29 bits per heavy atom. The number of rotatable bonds is 2. The molecule has 2 rings (SSSR count). The highest BCUT2D eigenvalue weighted by Crippen LogP contribution is 2.18. The zero-order valence-corrected chi connectivity index (χ0v) is 7.69. The largest absolute Gasteiger partial charge is 0.481 e. The first-order chi connectivity index (χ1) is 6.79. The van der Waals surface area contributed by atoms with E-state index in [1.54, 1.807) is 19.2 Å². The summed E-state index contributed by atoms with van der Waals surface area (Å²) in [6, 6.07) is 7.22. The van der Waals surface area contributed by atoms with Crippen LogP contribution in [0.5, 0.6) is 5.88 Å². The number of nitrogens with zero attached hydrogens (tertiary/aromatic N) is 2. The average molecular weight is 190 g/mol. The predicted molar refractivity (Wildman–Crippen MR) is 52.8 cm³/mol. The first kappa shape index (κ1) is 8.55. The molecule has 0 aliphatic rings. The van der Waals surface area contributed by atoms with Crippen molar-refractivity contribution in [3.05, 3.63) is 24.3 Å². The summed E-state index contributed by atoms with van der Waals surface area (Å²) in [6.45, 7) is 0.